The van der Waals surface area contributed by atoms with E-state index < -0.39 is 0 Å². The smallest absolute Gasteiger partial charge is 0.137 e. The Balaban J connectivity index is 2.12. The van der Waals surface area contributed by atoms with E-state index in [2.05, 4.69) is 15.9 Å². The molecule has 1 aliphatic heterocycles. The van der Waals surface area contributed by atoms with Crippen molar-refractivity contribution in [3.63, 3.8) is 0 Å². The Morgan fingerprint density at radius 1 is 1.38 bits per heavy atom. The van der Waals surface area contributed by atoms with Gasteiger partial charge in [-0.2, -0.15) is 0 Å². The van der Waals surface area contributed by atoms with Crippen LogP contribution in [0.1, 0.15) is 24.4 Å². The van der Waals surface area contributed by atoms with Crippen molar-refractivity contribution in [2.24, 2.45) is 11.7 Å². The second-order valence-corrected chi connectivity index (χ2v) is 5.00. The Labute approximate surface area is 103 Å². The normalized spacial score (nSPS) is 19.7. The molecule has 0 saturated carbocycles. The highest BCUT2D eigenvalue weighted by atomic mass is 79.9. The van der Waals surface area contributed by atoms with E-state index >= 15 is 0 Å². The number of halogens is 2. The maximum Gasteiger partial charge on any atom is 0.137 e. The first-order valence-corrected chi connectivity index (χ1v) is 6.26. The van der Waals surface area contributed by atoms with Crippen LogP contribution in [0.5, 0.6) is 0 Å². The third-order valence-corrected chi connectivity index (χ3v) is 3.75. The Hall–Kier alpha value is -0.450. The van der Waals surface area contributed by atoms with Crippen molar-refractivity contribution in [3.05, 3.63) is 34.1 Å². The lowest BCUT2D eigenvalue weighted by molar-refractivity contribution is 0.0583. The molecule has 1 fully saturated rings. The summed E-state index contributed by atoms with van der Waals surface area (Å²) in [6.45, 7) is 1.52. The third-order valence-electron chi connectivity index (χ3n) is 3.10. The number of rotatable bonds is 2. The lowest BCUT2D eigenvalue weighted by atomic mass is 9.88. The van der Waals surface area contributed by atoms with E-state index in [-0.39, 0.29) is 11.9 Å². The largest absolute Gasteiger partial charge is 0.381 e. The van der Waals surface area contributed by atoms with Crippen LogP contribution in [-0.4, -0.2) is 13.2 Å². The molecule has 0 spiro atoms. The van der Waals surface area contributed by atoms with Gasteiger partial charge in [-0.3, -0.25) is 0 Å². The molecule has 1 heterocycles. The van der Waals surface area contributed by atoms with Gasteiger partial charge in [0.05, 0.1) is 4.47 Å². The first kappa shape index (κ1) is 12.0. The van der Waals surface area contributed by atoms with Crippen LogP contribution in [-0.2, 0) is 4.74 Å². The summed E-state index contributed by atoms with van der Waals surface area (Å²) in [7, 11) is 0. The summed E-state index contributed by atoms with van der Waals surface area (Å²) in [4.78, 5) is 0. The van der Waals surface area contributed by atoms with Crippen molar-refractivity contribution in [1.29, 1.82) is 0 Å². The molecular weight excluding hydrogens is 273 g/mol. The number of ether oxygens (including phenoxy) is 1. The minimum absolute atomic E-state index is 0.0912. The first-order chi connectivity index (χ1) is 7.68. The fourth-order valence-electron chi connectivity index (χ4n) is 2.07. The van der Waals surface area contributed by atoms with Crippen LogP contribution < -0.4 is 5.73 Å². The minimum Gasteiger partial charge on any atom is -0.381 e. The summed E-state index contributed by atoms with van der Waals surface area (Å²) in [5.41, 5.74) is 7.02. The molecule has 1 saturated heterocycles. The van der Waals surface area contributed by atoms with Crippen LogP contribution in [0.25, 0.3) is 0 Å². The van der Waals surface area contributed by atoms with Crippen LogP contribution in [0.2, 0.25) is 0 Å². The van der Waals surface area contributed by atoms with Crippen molar-refractivity contribution in [2.45, 2.75) is 18.9 Å². The SMILES string of the molecule is N[C@@H](c1ccc(Br)c(F)c1)C1CCOCC1. The zero-order chi connectivity index (χ0) is 11.5. The van der Waals surface area contributed by atoms with Crippen molar-refractivity contribution in [1.82, 2.24) is 0 Å². The molecule has 0 unspecified atom stereocenters. The molecule has 0 bridgehead atoms. The van der Waals surface area contributed by atoms with Gasteiger partial charge in [0.1, 0.15) is 5.82 Å². The van der Waals surface area contributed by atoms with E-state index in [4.69, 9.17) is 10.5 Å². The Morgan fingerprint density at radius 3 is 2.69 bits per heavy atom. The molecule has 2 rings (SSSR count). The molecule has 0 aliphatic carbocycles. The molecule has 1 atom stereocenters. The molecule has 1 aliphatic rings. The molecule has 0 radical (unpaired) electrons. The van der Waals surface area contributed by atoms with Gasteiger partial charge >= 0.3 is 0 Å². The molecule has 4 heteroatoms. The maximum absolute atomic E-state index is 13.4. The summed E-state index contributed by atoms with van der Waals surface area (Å²) in [6, 6.07) is 5.02. The van der Waals surface area contributed by atoms with Gasteiger partial charge in [-0.25, -0.2) is 4.39 Å². The third kappa shape index (κ3) is 2.62. The fraction of sp³-hybridized carbons (Fsp3) is 0.500. The molecule has 16 heavy (non-hydrogen) atoms. The lowest BCUT2D eigenvalue weighted by Gasteiger charge is -2.27. The molecule has 1 aromatic carbocycles. The maximum atomic E-state index is 13.4. The quantitative estimate of drug-likeness (QED) is 0.908. The first-order valence-electron chi connectivity index (χ1n) is 5.47. The zero-order valence-electron chi connectivity index (χ0n) is 8.96. The number of nitrogens with two attached hydrogens (primary N) is 1. The summed E-state index contributed by atoms with van der Waals surface area (Å²) in [5, 5.41) is 0. The van der Waals surface area contributed by atoms with Crippen LogP contribution in [0.3, 0.4) is 0 Å². The molecule has 0 aromatic heterocycles. The molecular formula is C12H15BrFNO. The van der Waals surface area contributed by atoms with E-state index in [1.165, 1.54) is 6.07 Å². The highest BCUT2D eigenvalue weighted by molar-refractivity contribution is 9.10. The van der Waals surface area contributed by atoms with Gasteiger partial charge in [-0.1, -0.05) is 6.07 Å². The van der Waals surface area contributed by atoms with Crippen LogP contribution in [0.15, 0.2) is 22.7 Å². The van der Waals surface area contributed by atoms with Gasteiger partial charge in [0.2, 0.25) is 0 Å². The van der Waals surface area contributed by atoms with Gasteiger partial charge in [-0.05, 0) is 52.4 Å². The molecule has 88 valence electrons. The molecule has 1 aromatic rings. The van der Waals surface area contributed by atoms with Crippen LogP contribution in [0, 0.1) is 11.7 Å². The summed E-state index contributed by atoms with van der Waals surface area (Å²) < 4.78 is 19.2. The number of hydrogen-bond donors (Lipinski definition) is 1. The van der Waals surface area contributed by atoms with Gasteiger partial charge in [0.15, 0.2) is 0 Å². The van der Waals surface area contributed by atoms with E-state index in [0.717, 1.165) is 31.6 Å². The van der Waals surface area contributed by atoms with Crippen LogP contribution in [0.4, 0.5) is 4.39 Å². The van der Waals surface area contributed by atoms with Crippen molar-refractivity contribution in [2.75, 3.05) is 13.2 Å². The monoisotopic (exact) mass is 287 g/mol. The predicted molar refractivity (Wildman–Crippen MR) is 64.6 cm³/mol. The van der Waals surface area contributed by atoms with Crippen molar-refractivity contribution < 1.29 is 9.13 Å². The Bertz CT molecular complexity index is 366. The average Bonchev–Trinajstić information content (AvgIpc) is 2.33. The highest BCUT2D eigenvalue weighted by Gasteiger charge is 2.22. The van der Waals surface area contributed by atoms with E-state index in [1.54, 1.807) is 6.07 Å². The number of hydrogen-bond acceptors (Lipinski definition) is 2. The van der Waals surface area contributed by atoms with Gasteiger partial charge in [0, 0.05) is 19.3 Å². The van der Waals surface area contributed by atoms with E-state index in [0.29, 0.717) is 10.4 Å². The summed E-state index contributed by atoms with van der Waals surface area (Å²) >= 11 is 3.14. The Morgan fingerprint density at radius 2 is 2.06 bits per heavy atom. The standard InChI is InChI=1S/C12H15BrFNO/c13-10-2-1-9(7-11(10)14)12(15)8-3-5-16-6-4-8/h1-2,7-8,12H,3-6,15H2/t12-/m1/s1. The number of benzene rings is 1. The van der Waals surface area contributed by atoms with Gasteiger partial charge in [0.25, 0.3) is 0 Å². The second-order valence-electron chi connectivity index (χ2n) is 4.15. The summed E-state index contributed by atoms with van der Waals surface area (Å²) in [6.07, 6.45) is 1.91. The van der Waals surface area contributed by atoms with E-state index in [1.807, 2.05) is 6.07 Å². The van der Waals surface area contributed by atoms with Crippen LogP contribution >= 0.6 is 15.9 Å². The lowest BCUT2D eigenvalue weighted by Crippen LogP contribution is -2.27. The Kier molecular flexibility index (Phi) is 3.95. The van der Waals surface area contributed by atoms with Gasteiger partial charge in [-0.15, -0.1) is 0 Å². The fourth-order valence-corrected chi connectivity index (χ4v) is 2.31. The molecule has 2 N–H and O–H groups in total. The zero-order valence-corrected chi connectivity index (χ0v) is 10.5. The molecule has 2 nitrogen and oxygen atoms in total. The van der Waals surface area contributed by atoms with Gasteiger partial charge < -0.3 is 10.5 Å². The minimum atomic E-state index is -0.250. The average molecular weight is 288 g/mol. The van der Waals surface area contributed by atoms with Crippen molar-refractivity contribution in [3.8, 4) is 0 Å². The van der Waals surface area contributed by atoms with E-state index in [9.17, 15) is 4.39 Å². The topological polar surface area (TPSA) is 35.2 Å². The predicted octanol–water partition coefficient (Wildman–Crippen LogP) is 3.01. The highest BCUT2D eigenvalue weighted by Crippen LogP contribution is 2.29. The van der Waals surface area contributed by atoms with Crippen molar-refractivity contribution >= 4 is 15.9 Å². The second kappa shape index (κ2) is 5.25. The molecule has 0 amide bonds. The summed E-state index contributed by atoms with van der Waals surface area (Å²) in [5.74, 6) is 0.148.